The average Bonchev–Trinajstić information content (AvgIpc) is 2.46. The summed E-state index contributed by atoms with van der Waals surface area (Å²) >= 11 is 8.65. The maximum atomic E-state index is 6.35. The van der Waals surface area contributed by atoms with Gasteiger partial charge in [0.05, 0.1) is 5.02 Å². The van der Waals surface area contributed by atoms with Gasteiger partial charge in [-0.2, -0.15) is 0 Å². The minimum absolute atomic E-state index is 0.453. The van der Waals surface area contributed by atoms with Gasteiger partial charge in [0.1, 0.15) is 0 Å². The Morgan fingerprint density at radius 2 is 2.05 bits per heavy atom. The Morgan fingerprint density at radius 3 is 2.67 bits per heavy atom. The van der Waals surface area contributed by atoms with Crippen LogP contribution in [-0.4, -0.2) is 6.54 Å². The topological polar surface area (TPSA) is 12.0 Å². The van der Waals surface area contributed by atoms with Crippen molar-refractivity contribution in [3.05, 3.63) is 32.4 Å². The standard InChI is InChI=1S/C18H27ClIN/c1-4-9-21-18(14-6-5-12(2)13(3)10-14)15-7-8-17(20)16(19)11-15/h7-8,11-14,18,21H,4-6,9-10H2,1-3H3. The van der Waals surface area contributed by atoms with E-state index >= 15 is 0 Å². The summed E-state index contributed by atoms with van der Waals surface area (Å²) in [5.74, 6) is 2.43. The lowest BCUT2D eigenvalue weighted by atomic mass is 9.72. The molecule has 0 radical (unpaired) electrons. The van der Waals surface area contributed by atoms with Crippen molar-refractivity contribution in [2.75, 3.05) is 6.54 Å². The van der Waals surface area contributed by atoms with Gasteiger partial charge in [-0.05, 0) is 83.8 Å². The largest absolute Gasteiger partial charge is 0.310 e. The molecule has 4 unspecified atom stereocenters. The first-order chi connectivity index (χ1) is 10.0. The zero-order valence-corrected chi connectivity index (χ0v) is 16.2. The Labute approximate surface area is 148 Å². The Bertz CT molecular complexity index is 463. The second-order valence-corrected chi connectivity index (χ2v) is 8.20. The van der Waals surface area contributed by atoms with Crippen molar-refractivity contribution in [1.29, 1.82) is 0 Å². The Kier molecular flexibility index (Phi) is 6.82. The normalized spacial score (nSPS) is 27.6. The molecule has 0 heterocycles. The van der Waals surface area contributed by atoms with E-state index in [4.69, 9.17) is 11.6 Å². The average molecular weight is 420 g/mol. The van der Waals surface area contributed by atoms with Gasteiger partial charge < -0.3 is 5.32 Å². The van der Waals surface area contributed by atoms with E-state index in [0.717, 1.165) is 32.9 Å². The van der Waals surface area contributed by atoms with Crippen LogP contribution in [0.25, 0.3) is 0 Å². The minimum atomic E-state index is 0.453. The molecule has 1 N–H and O–H groups in total. The summed E-state index contributed by atoms with van der Waals surface area (Å²) in [5, 5.41) is 4.66. The van der Waals surface area contributed by atoms with Crippen LogP contribution in [0.4, 0.5) is 0 Å². The van der Waals surface area contributed by atoms with Gasteiger partial charge in [0.25, 0.3) is 0 Å². The van der Waals surface area contributed by atoms with Gasteiger partial charge in [0.2, 0.25) is 0 Å². The highest BCUT2D eigenvalue weighted by molar-refractivity contribution is 14.1. The molecule has 118 valence electrons. The fourth-order valence-corrected chi connectivity index (χ4v) is 3.98. The van der Waals surface area contributed by atoms with Crippen molar-refractivity contribution in [3.63, 3.8) is 0 Å². The number of hydrogen-bond acceptors (Lipinski definition) is 1. The summed E-state index contributed by atoms with van der Waals surface area (Å²) in [5.41, 5.74) is 1.36. The molecule has 21 heavy (non-hydrogen) atoms. The van der Waals surface area contributed by atoms with Crippen LogP contribution < -0.4 is 5.32 Å². The summed E-state index contributed by atoms with van der Waals surface area (Å²) in [6, 6.07) is 7.02. The second-order valence-electron chi connectivity index (χ2n) is 6.63. The van der Waals surface area contributed by atoms with Crippen molar-refractivity contribution >= 4 is 34.2 Å². The molecular weight excluding hydrogens is 393 g/mol. The van der Waals surface area contributed by atoms with Gasteiger partial charge in [-0.15, -0.1) is 0 Å². The molecule has 2 rings (SSSR count). The molecule has 3 heteroatoms. The molecule has 1 aliphatic rings. The van der Waals surface area contributed by atoms with E-state index in [1.807, 2.05) is 0 Å². The fraction of sp³-hybridized carbons (Fsp3) is 0.667. The summed E-state index contributed by atoms with van der Waals surface area (Å²) in [4.78, 5) is 0. The number of halogens is 2. The molecule has 1 aliphatic carbocycles. The molecule has 0 spiro atoms. The van der Waals surface area contributed by atoms with Crippen LogP contribution in [0.5, 0.6) is 0 Å². The molecule has 0 bridgehead atoms. The van der Waals surface area contributed by atoms with E-state index in [1.54, 1.807) is 0 Å². The summed E-state index contributed by atoms with van der Waals surface area (Å²) in [7, 11) is 0. The monoisotopic (exact) mass is 419 g/mol. The van der Waals surface area contributed by atoms with E-state index in [0.29, 0.717) is 6.04 Å². The van der Waals surface area contributed by atoms with Crippen LogP contribution in [0.2, 0.25) is 5.02 Å². The van der Waals surface area contributed by atoms with Crippen molar-refractivity contribution in [3.8, 4) is 0 Å². The first kappa shape index (κ1) is 17.6. The van der Waals surface area contributed by atoms with Crippen molar-refractivity contribution in [1.82, 2.24) is 5.32 Å². The predicted octanol–water partition coefficient (Wildman–Crippen LogP) is 6.06. The third-order valence-electron chi connectivity index (χ3n) is 5.03. The fourth-order valence-electron chi connectivity index (χ4n) is 3.45. The van der Waals surface area contributed by atoms with Gasteiger partial charge in [-0.3, -0.25) is 0 Å². The molecule has 0 aliphatic heterocycles. The Morgan fingerprint density at radius 1 is 1.29 bits per heavy atom. The van der Waals surface area contributed by atoms with Gasteiger partial charge in [-0.1, -0.05) is 44.9 Å². The molecule has 1 fully saturated rings. The molecule has 0 amide bonds. The van der Waals surface area contributed by atoms with Crippen LogP contribution in [0.15, 0.2) is 18.2 Å². The van der Waals surface area contributed by atoms with Gasteiger partial charge in [0, 0.05) is 9.61 Å². The molecule has 4 atom stereocenters. The van der Waals surface area contributed by atoms with Crippen molar-refractivity contribution < 1.29 is 0 Å². The van der Waals surface area contributed by atoms with Crippen LogP contribution >= 0.6 is 34.2 Å². The van der Waals surface area contributed by atoms with Gasteiger partial charge >= 0.3 is 0 Å². The van der Waals surface area contributed by atoms with Gasteiger partial charge in [-0.25, -0.2) is 0 Å². The second kappa shape index (κ2) is 8.16. The van der Waals surface area contributed by atoms with E-state index in [9.17, 15) is 0 Å². The lowest BCUT2D eigenvalue weighted by Gasteiger charge is -2.37. The maximum absolute atomic E-state index is 6.35. The highest BCUT2D eigenvalue weighted by Gasteiger charge is 2.30. The lowest BCUT2D eigenvalue weighted by Crippen LogP contribution is -2.33. The van der Waals surface area contributed by atoms with E-state index < -0.39 is 0 Å². The minimum Gasteiger partial charge on any atom is -0.310 e. The predicted molar refractivity (Wildman–Crippen MR) is 101 cm³/mol. The molecule has 0 saturated heterocycles. The maximum Gasteiger partial charge on any atom is 0.0542 e. The molecular formula is C18H27ClIN. The van der Waals surface area contributed by atoms with Crippen LogP contribution in [-0.2, 0) is 0 Å². The quantitative estimate of drug-likeness (QED) is 0.572. The molecule has 0 aromatic heterocycles. The summed E-state index contributed by atoms with van der Waals surface area (Å²) < 4.78 is 1.14. The SMILES string of the molecule is CCCNC(c1ccc(I)c(Cl)c1)C1CCC(C)C(C)C1. The van der Waals surface area contributed by atoms with Crippen LogP contribution in [0.3, 0.4) is 0 Å². The Hall–Kier alpha value is 0.200. The zero-order chi connectivity index (χ0) is 15.4. The molecule has 1 saturated carbocycles. The van der Waals surface area contributed by atoms with Crippen molar-refractivity contribution in [2.24, 2.45) is 17.8 Å². The van der Waals surface area contributed by atoms with Crippen LogP contribution in [0.1, 0.15) is 58.1 Å². The van der Waals surface area contributed by atoms with Crippen LogP contribution in [0, 0.1) is 21.3 Å². The van der Waals surface area contributed by atoms with Gasteiger partial charge in [0.15, 0.2) is 0 Å². The van der Waals surface area contributed by atoms with E-state index in [2.05, 4.69) is 66.9 Å². The molecule has 1 nitrogen and oxygen atoms in total. The molecule has 1 aromatic rings. The highest BCUT2D eigenvalue weighted by atomic mass is 127. The lowest BCUT2D eigenvalue weighted by molar-refractivity contribution is 0.171. The highest BCUT2D eigenvalue weighted by Crippen LogP contribution is 2.40. The third-order valence-corrected chi connectivity index (χ3v) is 6.60. The smallest absolute Gasteiger partial charge is 0.0542 e. The number of benzene rings is 1. The van der Waals surface area contributed by atoms with E-state index in [-0.39, 0.29) is 0 Å². The number of hydrogen-bond donors (Lipinski definition) is 1. The first-order valence-corrected chi connectivity index (χ1v) is 9.67. The zero-order valence-electron chi connectivity index (χ0n) is 13.3. The van der Waals surface area contributed by atoms with Crippen molar-refractivity contribution in [2.45, 2.75) is 52.5 Å². The van der Waals surface area contributed by atoms with E-state index in [1.165, 1.54) is 31.2 Å². The third kappa shape index (κ3) is 4.59. The summed E-state index contributed by atoms with van der Waals surface area (Å²) in [6.45, 7) is 8.12. The Balaban J connectivity index is 2.19. The first-order valence-electron chi connectivity index (χ1n) is 8.21. The number of nitrogens with one attached hydrogen (secondary N) is 1. The number of rotatable bonds is 5. The molecule has 1 aromatic carbocycles. The summed E-state index contributed by atoms with van der Waals surface area (Å²) in [6.07, 6.45) is 5.18.